The molecule has 0 aromatic carbocycles. The van der Waals surface area contributed by atoms with Crippen molar-refractivity contribution >= 4 is 28.8 Å². The van der Waals surface area contributed by atoms with Crippen LogP contribution in [-0.4, -0.2) is 46.1 Å². The minimum Gasteiger partial charge on any atom is -0.396 e. The molecule has 1 fully saturated rings. The minimum absolute atomic E-state index is 0.218. The topological polar surface area (TPSA) is 89.8 Å². The van der Waals surface area contributed by atoms with Gasteiger partial charge >= 0.3 is 0 Å². The van der Waals surface area contributed by atoms with Crippen molar-refractivity contribution < 1.29 is 20.1 Å². The van der Waals surface area contributed by atoms with Crippen molar-refractivity contribution in [2.24, 2.45) is 5.92 Å². The summed E-state index contributed by atoms with van der Waals surface area (Å²) in [5, 5.41) is 33.1. The Balaban J connectivity index is 2.03. The van der Waals surface area contributed by atoms with Gasteiger partial charge in [0.05, 0.1) is 17.2 Å². The molecule has 0 unspecified atom stereocenters. The highest BCUT2D eigenvalue weighted by atomic mass is 35.5. The molecule has 1 aliphatic carbocycles. The van der Waals surface area contributed by atoms with Gasteiger partial charge in [-0.2, -0.15) is 0 Å². The van der Waals surface area contributed by atoms with Gasteiger partial charge in [0.25, 0.3) is 5.91 Å². The van der Waals surface area contributed by atoms with Crippen LogP contribution in [0.15, 0.2) is 11.4 Å². The molecule has 1 aromatic heterocycles. The third kappa shape index (κ3) is 2.53. The SMILES string of the molecule is O=C(N[C@H]1C[C@@H](CO)[C@H](O)[C@@H]1O)c1sccc1Cl. The summed E-state index contributed by atoms with van der Waals surface area (Å²) < 4.78 is 0. The fraction of sp³-hybridized carbons (Fsp3) is 0.545. The number of hydrogen-bond donors (Lipinski definition) is 4. The standard InChI is InChI=1S/C11H14ClNO4S/c12-6-1-2-18-10(6)11(17)13-7-3-5(4-14)8(15)9(7)16/h1-2,5,7-9,14-16H,3-4H2,(H,13,17)/t5-,7-,8-,9+/m0/s1. The number of rotatable bonds is 3. The van der Waals surface area contributed by atoms with Gasteiger partial charge in [0.2, 0.25) is 0 Å². The van der Waals surface area contributed by atoms with Crippen LogP contribution in [0.3, 0.4) is 0 Å². The second-order valence-corrected chi connectivity index (χ2v) is 5.66. The van der Waals surface area contributed by atoms with Gasteiger partial charge in [-0.25, -0.2) is 0 Å². The third-order valence-electron chi connectivity index (χ3n) is 3.18. The molecule has 2 rings (SSSR count). The van der Waals surface area contributed by atoms with Gasteiger partial charge in [0.15, 0.2) is 0 Å². The van der Waals surface area contributed by atoms with E-state index in [-0.39, 0.29) is 12.5 Å². The predicted molar refractivity (Wildman–Crippen MR) is 67.8 cm³/mol. The molecule has 1 heterocycles. The summed E-state index contributed by atoms with van der Waals surface area (Å²) in [7, 11) is 0. The number of nitrogens with one attached hydrogen (secondary N) is 1. The van der Waals surface area contributed by atoms with Crippen molar-refractivity contribution in [3.63, 3.8) is 0 Å². The first kappa shape index (κ1) is 13.8. The van der Waals surface area contributed by atoms with E-state index >= 15 is 0 Å². The van der Waals surface area contributed by atoms with E-state index in [4.69, 9.17) is 16.7 Å². The number of carbonyl (C=O) groups is 1. The molecule has 1 aliphatic rings. The number of aliphatic hydroxyl groups is 3. The molecule has 0 aliphatic heterocycles. The van der Waals surface area contributed by atoms with Crippen LogP contribution in [0.4, 0.5) is 0 Å². The Morgan fingerprint density at radius 2 is 2.22 bits per heavy atom. The molecule has 1 amide bonds. The molecular formula is C11H14ClNO4S. The van der Waals surface area contributed by atoms with Gasteiger partial charge in [-0.15, -0.1) is 11.3 Å². The van der Waals surface area contributed by atoms with Crippen LogP contribution in [0.5, 0.6) is 0 Å². The van der Waals surface area contributed by atoms with Crippen LogP contribution in [0.1, 0.15) is 16.1 Å². The van der Waals surface area contributed by atoms with Gasteiger partial charge in [-0.3, -0.25) is 4.79 Å². The third-order valence-corrected chi connectivity index (χ3v) is 4.52. The average molecular weight is 292 g/mol. The van der Waals surface area contributed by atoms with Crippen LogP contribution in [0, 0.1) is 5.92 Å². The van der Waals surface area contributed by atoms with Crippen molar-refractivity contribution in [2.75, 3.05) is 6.61 Å². The Labute approximate surface area is 113 Å². The molecule has 1 aromatic rings. The molecular weight excluding hydrogens is 278 g/mol. The van der Waals surface area contributed by atoms with Gasteiger partial charge in [-0.1, -0.05) is 11.6 Å². The van der Waals surface area contributed by atoms with Crippen LogP contribution in [0.25, 0.3) is 0 Å². The lowest BCUT2D eigenvalue weighted by Gasteiger charge is -2.17. The molecule has 18 heavy (non-hydrogen) atoms. The second kappa shape index (κ2) is 5.54. The molecule has 1 saturated carbocycles. The van der Waals surface area contributed by atoms with E-state index in [9.17, 15) is 15.0 Å². The smallest absolute Gasteiger partial charge is 0.263 e. The quantitative estimate of drug-likeness (QED) is 0.642. The van der Waals surface area contributed by atoms with Crippen LogP contribution in [-0.2, 0) is 0 Å². The zero-order valence-electron chi connectivity index (χ0n) is 9.41. The first-order valence-electron chi connectivity index (χ1n) is 5.55. The molecule has 0 spiro atoms. The van der Waals surface area contributed by atoms with Crippen molar-refractivity contribution in [1.29, 1.82) is 0 Å². The highest BCUT2D eigenvalue weighted by molar-refractivity contribution is 7.12. The molecule has 0 radical (unpaired) electrons. The van der Waals surface area contributed by atoms with Crippen molar-refractivity contribution in [3.05, 3.63) is 21.3 Å². The zero-order valence-corrected chi connectivity index (χ0v) is 11.0. The number of amides is 1. The second-order valence-electron chi connectivity index (χ2n) is 4.34. The van der Waals surface area contributed by atoms with Gasteiger partial charge in [-0.05, 0) is 17.9 Å². The normalized spacial score (nSPS) is 31.6. The zero-order chi connectivity index (χ0) is 13.3. The highest BCUT2D eigenvalue weighted by Crippen LogP contribution is 2.28. The lowest BCUT2D eigenvalue weighted by molar-refractivity contribution is 0.000153. The first-order chi connectivity index (χ1) is 8.54. The van der Waals surface area contributed by atoms with Crippen molar-refractivity contribution in [1.82, 2.24) is 5.32 Å². The molecule has 0 saturated heterocycles. The molecule has 0 bridgehead atoms. The van der Waals surface area contributed by atoms with E-state index in [2.05, 4.69) is 5.32 Å². The molecule has 4 N–H and O–H groups in total. The van der Waals surface area contributed by atoms with E-state index in [1.165, 1.54) is 11.3 Å². The first-order valence-corrected chi connectivity index (χ1v) is 6.81. The molecule has 100 valence electrons. The van der Waals surface area contributed by atoms with E-state index in [0.717, 1.165) is 0 Å². The Bertz CT molecular complexity index is 438. The number of aliphatic hydroxyl groups excluding tert-OH is 3. The van der Waals surface area contributed by atoms with Gasteiger partial charge < -0.3 is 20.6 Å². The summed E-state index contributed by atoms with van der Waals surface area (Å²) in [6.45, 7) is -0.218. The summed E-state index contributed by atoms with van der Waals surface area (Å²) in [4.78, 5) is 12.3. The fourth-order valence-electron chi connectivity index (χ4n) is 2.14. The Kier molecular flexibility index (Phi) is 4.24. The Morgan fingerprint density at radius 1 is 1.50 bits per heavy atom. The number of thiophene rings is 1. The average Bonchev–Trinajstić information content (AvgIpc) is 2.88. The summed E-state index contributed by atoms with van der Waals surface area (Å²) in [6.07, 6.45) is -1.74. The van der Waals surface area contributed by atoms with E-state index < -0.39 is 24.2 Å². The van der Waals surface area contributed by atoms with Crippen molar-refractivity contribution in [2.45, 2.75) is 24.7 Å². The van der Waals surface area contributed by atoms with Crippen LogP contribution < -0.4 is 5.32 Å². The molecule has 7 heteroatoms. The summed E-state index contributed by atoms with van der Waals surface area (Å²) >= 11 is 7.05. The lowest BCUT2D eigenvalue weighted by atomic mass is 10.1. The van der Waals surface area contributed by atoms with Gasteiger partial charge in [0, 0.05) is 12.5 Å². The van der Waals surface area contributed by atoms with E-state index in [0.29, 0.717) is 16.3 Å². The largest absolute Gasteiger partial charge is 0.396 e. The monoisotopic (exact) mass is 291 g/mol. The van der Waals surface area contributed by atoms with Gasteiger partial charge in [0.1, 0.15) is 11.0 Å². The maximum Gasteiger partial charge on any atom is 0.263 e. The lowest BCUT2D eigenvalue weighted by Crippen LogP contribution is -2.42. The molecule has 5 nitrogen and oxygen atoms in total. The predicted octanol–water partition coefficient (Wildman–Crippen LogP) is 0.234. The van der Waals surface area contributed by atoms with Crippen molar-refractivity contribution in [3.8, 4) is 0 Å². The van der Waals surface area contributed by atoms with Crippen LogP contribution >= 0.6 is 22.9 Å². The van der Waals surface area contributed by atoms with E-state index in [1.54, 1.807) is 11.4 Å². The minimum atomic E-state index is -1.06. The fourth-order valence-corrected chi connectivity index (χ4v) is 3.18. The number of hydrogen-bond acceptors (Lipinski definition) is 5. The maximum absolute atomic E-state index is 11.9. The Hall–Kier alpha value is -0.660. The summed E-state index contributed by atoms with van der Waals surface area (Å²) in [6, 6.07) is 1.06. The highest BCUT2D eigenvalue weighted by Gasteiger charge is 2.41. The Morgan fingerprint density at radius 3 is 2.72 bits per heavy atom. The molecule has 4 atom stereocenters. The summed E-state index contributed by atoms with van der Waals surface area (Å²) in [5.74, 6) is -0.783. The van der Waals surface area contributed by atoms with Crippen LogP contribution in [0.2, 0.25) is 5.02 Å². The number of halogens is 1. The maximum atomic E-state index is 11.9. The number of carbonyl (C=O) groups excluding carboxylic acids is 1. The summed E-state index contributed by atoms with van der Waals surface area (Å²) in [5.41, 5.74) is 0. The van der Waals surface area contributed by atoms with E-state index in [1.807, 2.05) is 0 Å².